The van der Waals surface area contributed by atoms with Crippen LogP contribution in [0.3, 0.4) is 0 Å². The molecule has 0 radical (unpaired) electrons. The van der Waals surface area contributed by atoms with Gasteiger partial charge >= 0.3 is 0 Å². The number of carbonyl (C=O) groups is 1. The molecule has 1 amide bonds. The zero-order valence-corrected chi connectivity index (χ0v) is 14.1. The van der Waals surface area contributed by atoms with Gasteiger partial charge in [0.1, 0.15) is 12.3 Å². The number of amides is 1. The highest BCUT2D eigenvalue weighted by Gasteiger charge is 2.09. The van der Waals surface area contributed by atoms with Gasteiger partial charge in [0.15, 0.2) is 0 Å². The fourth-order valence-electron chi connectivity index (χ4n) is 2.22. The Morgan fingerprint density at radius 2 is 2.04 bits per heavy atom. The summed E-state index contributed by atoms with van der Waals surface area (Å²) < 4.78 is 7.38. The van der Waals surface area contributed by atoms with Crippen molar-refractivity contribution in [3.8, 4) is 11.6 Å². The second-order valence-corrected chi connectivity index (χ2v) is 5.64. The Kier molecular flexibility index (Phi) is 5.03. The Bertz CT molecular complexity index is 858. The quantitative estimate of drug-likeness (QED) is 0.747. The molecule has 0 aliphatic rings. The second kappa shape index (κ2) is 7.57. The molecule has 3 heterocycles. The maximum absolute atomic E-state index is 12.1. The van der Waals surface area contributed by atoms with E-state index < -0.39 is 0 Å². The van der Waals surface area contributed by atoms with Gasteiger partial charge in [-0.25, -0.2) is 4.98 Å². The molecule has 25 heavy (non-hydrogen) atoms. The van der Waals surface area contributed by atoms with Crippen LogP contribution in [-0.2, 0) is 17.9 Å². The topological polar surface area (TPSA) is 81.9 Å². The SMILES string of the molecule is Cc1ccc(Oc2ncccc2CNC(=O)Cn2ccc(C)n2)cn1. The van der Waals surface area contributed by atoms with Crippen LogP contribution in [0, 0.1) is 13.8 Å². The van der Waals surface area contributed by atoms with Crippen molar-refractivity contribution in [2.75, 3.05) is 0 Å². The van der Waals surface area contributed by atoms with Crippen LogP contribution in [0.15, 0.2) is 48.9 Å². The first-order valence-electron chi connectivity index (χ1n) is 7.91. The number of hydrogen-bond acceptors (Lipinski definition) is 5. The average molecular weight is 337 g/mol. The average Bonchev–Trinajstić information content (AvgIpc) is 3.01. The Hall–Kier alpha value is -3.22. The molecule has 7 heteroatoms. The number of ether oxygens (including phenoxy) is 1. The molecule has 0 aromatic carbocycles. The lowest BCUT2D eigenvalue weighted by molar-refractivity contribution is -0.122. The Balaban J connectivity index is 1.62. The van der Waals surface area contributed by atoms with Gasteiger partial charge in [0, 0.05) is 30.2 Å². The summed E-state index contributed by atoms with van der Waals surface area (Å²) in [5.74, 6) is 0.919. The molecule has 3 aromatic rings. The van der Waals surface area contributed by atoms with Crippen molar-refractivity contribution >= 4 is 5.91 Å². The summed E-state index contributed by atoms with van der Waals surface area (Å²) in [4.78, 5) is 20.5. The van der Waals surface area contributed by atoms with Crippen LogP contribution >= 0.6 is 0 Å². The standard InChI is InChI=1S/C18H19N5O2/c1-13-5-6-16(11-20-13)25-18-15(4-3-8-19-18)10-21-17(24)12-23-9-7-14(2)22-23/h3-9,11H,10,12H2,1-2H3,(H,21,24). The van der Waals surface area contributed by atoms with Crippen molar-refractivity contribution in [1.82, 2.24) is 25.1 Å². The van der Waals surface area contributed by atoms with E-state index >= 15 is 0 Å². The van der Waals surface area contributed by atoms with E-state index in [0.29, 0.717) is 18.2 Å². The first kappa shape index (κ1) is 16.6. The molecule has 0 aliphatic heterocycles. The number of aryl methyl sites for hydroxylation is 2. The van der Waals surface area contributed by atoms with E-state index in [-0.39, 0.29) is 12.5 Å². The third-order valence-corrected chi connectivity index (χ3v) is 3.50. The molecule has 0 saturated carbocycles. The largest absolute Gasteiger partial charge is 0.437 e. The third-order valence-electron chi connectivity index (χ3n) is 3.50. The summed E-state index contributed by atoms with van der Waals surface area (Å²) in [7, 11) is 0. The molecule has 0 aliphatic carbocycles. The molecule has 0 fully saturated rings. The molecule has 0 atom stereocenters. The fraction of sp³-hybridized carbons (Fsp3) is 0.222. The molecule has 0 saturated heterocycles. The minimum atomic E-state index is -0.130. The van der Waals surface area contributed by atoms with Gasteiger partial charge in [-0.1, -0.05) is 6.07 Å². The molecule has 0 spiro atoms. The minimum absolute atomic E-state index is 0.130. The summed E-state index contributed by atoms with van der Waals surface area (Å²) in [6.07, 6.45) is 5.07. The van der Waals surface area contributed by atoms with Crippen LogP contribution < -0.4 is 10.1 Å². The van der Waals surface area contributed by atoms with Crippen molar-refractivity contribution in [1.29, 1.82) is 0 Å². The second-order valence-electron chi connectivity index (χ2n) is 5.64. The lowest BCUT2D eigenvalue weighted by atomic mass is 10.2. The molecule has 1 N–H and O–H groups in total. The van der Waals surface area contributed by atoms with Crippen LogP contribution in [0.1, 0.15) is 17.0 Å². The predicted octanol–water partition coefficient (Wildman–Crippen LogP) is 2.40. The lowest BCUT2D eigenvalue weighted by Crippen LogP contribution is -2.27. The highest BCUT2D eigenvalue weighted by Crippen LogP contribution is 2.22. The highest BCUT2D eigenvalue weighted by atomic mass is 16.5. The molecule has 3 aromatic heterocycles. The molecular formula is C18H19N5O2. The van der Waals surface area contributed by atoms with Gasteiger partial charge in [-0.15, -0.1) is 0 Å². The summed E-state index contributed by atoms with van der Waals surface area (Å²) in [6.45, 7) is 4.29. The van der Waals surface area contributed by atoms with Gasteiger partial charge in [-0.05, 0) is 38.1 Å². The van der Waals surface area contributed by atoms with Crippen LogP contribution in [0.4, 0.5) is 0 Å². The number of hydrogen-bond donors (Lipinski definition) is 1. The van der Waals surface area contributed by atoms with Gasteiger partial charge in [-0.3, -0.25) is 14.5 Å². The van der Waals surface area contributed by atoms with E-state index in [1.54, 1.807) is 29.3 Å². The molecule has 0 unspecified atom stereocenters. The summed E-state index contributed by atoms with van der Waals surface area (Å²) >= 11 is 0. The number of carbonyl (C=O) groups excluding carboxylic acids is 1. The highest BCUT2D eigenvalue weighted by molar-refractivity contribution is 5.75. The number of aromatic nitrogens is 4. The van der Waals surface area contributed by atoms with E-state index in [4.69, 9.17) is 4.74 Å². The molecule has 7 nitrogen and oxygen atoms in total. The van der Waals surface area contributed by atoms with Crippen molar-refractivity contribution < 1.29 is 9.53 Å². The Morgan fingerprint density at radius 1 is 1.16 bits per heavy atom. The molecule has 0 bridgehead atoms. The number of nitrogens with zero attached hydrogens (tertiary/aromatic N) is 4. The van der Waals surface area contributed by atoms with Crippen molar-refractivity contribution in [2.45, 2.75) is 26.9 Å². The van der Waals surface area contributed by atoms with Crippen molar-refractivity contribution in [3.05, 3.63) is 65.9 Å². The maximum atomic E-state index is 12.1. The van der Waals surface area contributed by atoms with Gasteiger partial charge in [0.25, 0.3) is 0 Å². The normalized spacial score (nSPS) is 10.5. The van der Waals surface area contributed by atoms with E-state index in [1.165, 1.54) is 0 Å². The van der Waals surface area contributed by atoms with E-state index in [0.717, 1.165) is 17.0 Å². The third kappa shape index (κ3) is 4.63. The summed E-state index contributed by atoms with van der Waals surface area (Å²) in [5, 5.41) is 7.05. The van der Waals surface area contributed by atoms with Crippen LogP contribution in [-0.4, -0.2) is 25.7 Å². The Morgan fingerprint density at radius 3 is 2.76 bits per heavy atom. The zero-order chi connectivity index (χ0) is 17.6. The van der Waals surface area contributed by atoms with Gasteiger partial charge in [0.2, 0.25) is 11.8 Å². The molecule has 128 valence electrons. The monoisotopic (exact) mass is 337 g/mol. The van der Waals surface area contributed by atoms with Crippen LogP contribution in [0.2, 0.25) is 0 Å². The molecular weight excluding hydrogens is 318 g/mol. The van der Waals surface area contributed by atoms with Crippen LogP contribution in [0.5, 0.6) is 11.6 Å². The van der Waals surface area contributed by atoms with Gasteiger partial charge in [-0.2, -0.15) is 5.10 Å². The first-order valence-corrected chi connectivity index (χ1v) is 7.91. The van der Waals surface area contributed by atoms with Gasteiger partial charge in [0.05, 0.1) is 11.9 Å². The number of nitrogens with one attached hydrogen (secondary N) is 1. The van der Waals surface area contributed by atoms with E-state index in [1.807, 2.05) is 38.1 Å². The Labute approximate surface area is 145 Å². The number of pyridine rings is 2. The van der Waals surface area contributed by atoms with Crippen molar-refractivity contribution in [3.63, 3.8) is 0 Å². The summed E-state index contributed by atoms with van der Waals surface area (Å²) in [6, 6.07) is 9.22. The van der Waals surface area contributed by atoms with Crippen LogP contribution in [0.25, 0.3) is 0 Å². The zero-order valence-electron chi connectivity index (χ0n) is 14.1. The first-order chi connectivity index (χ1) is 12.1. The van der Waals surface area contributed by atoms with E-state index in [9.17, 15) is 4.79 Å². The van der Waals surface area contributed by atoms with Crippen molar-refractivity contribution in [2.24, 2.45) is 0 Å². The maximum Gasteiger partial charge on any atom is 0.242 e. The predicted molar refractivity (Wildman–Crippen MR) is 92.1 cm³/mol. The lowest BCUT2D eigenvalue weighted by Gasteiger charge is -2.11. The number of rotatable bonds is 6. The van der Waals surface area contributed by atoms with E-state index in [2.05, 4.69) is 20.4 Å². The smallest absolute Gasteiger partial charge is 0.242 e. The summed E-state index contributed by atoms with van der Waals surface area (Å²) in [5.41, 5.74) is 2.57. The fourth-order valence-corrected chi connectivity index (χ4v) is 2.22. The minimum Gasteiger partial charge on any atom is -0.437 e. The van der Waals surface area contributed by atoms with Gasteiger partial charge < -0.3 is 10.1 Å². The molecule has 3 rings (SSSR count).